The maximum Gasteiger partial charge on any atom is 0.487 e. The Bertz CT molecular complexity index is 2490. The lowest BCUT2D eigenvalue weighted by Gasteiger charge is -2.41. The molecule has 2 saturated heterocycles. The summed E-state index contributed by atoms with van der Waals surface area (Å²) in [5, 5.41) is 20.5. The third-order valence-electron chi connectivity index (χ3n) is 12.3. The van der Waals surface area contributed by atoms with Crippen LogP contribution in [0.25, 0.3) is 20.8 Å². The zero-order valence-electron chi connectivity index (χ0n) is 35.6. The zero-order chi connectivity index (χ0) is 45.0. The number of hydrogen-bond donors (Lipinski definition) is 4. The van der Waals surface area contributed by atoms with Crippen molar-refractivity contribution in [2.75, 3.05) is 40.5 Å². The number of fused-ring (bicyclic) bond motifs is 4. The van der Waals surface area contributed by atoms with Gasteiger partial charge in [0, 0.05) is 69.7 Å². The number of rotatable bonds is 4. The molecule has 0 aromatic heterocycles. The number of halogens is 1. The molecule has 64 heavy (non-hydrogen) atoms. The van der Waals surface area contributed by atoms with Gasteiger partial charge in [0.2, 0.25) is 23.4 Å². The molecular formula is C46H50BBrN8O8. The van der Waals surface area contributed by atoms with Crippen LogP contribution >= 0.6 is 15.9 Å². The van der Waals surface area contributed by atoms with Crippen molar-refractivity contribution in [1.82, 2.24) is 10.1 Å². The number of hydrogen-bond acceptors (Lipinski definition) is 14. The van der Waals surface area contributed by atoms with Crippen molar-refractivity contribution in [2.24, 2.45) is 33.3 Å². The minimum absolute atomic E-state index is 0.0132. The Hall–Kier alpha value is -5.70. The molecule has 0 bridgehead atoms. The molecule has 10 rings (SSSR count). The van der Waals surface area contributed by atoms with E-state index in [1.807, 2.05) is 48.5 Å². The van der Waals surface area contributed by atoms with Gasteiger partial charge in [0.15, 0.2) is 11.4 Å². The first-order valence-electron chi connectivity index (χ1n) is 21.2. The number of benzene rings is 4. The number of nitrogens with zero attached hydrogens (tertiary/aromatic N) is 6. The molecule has 2 spiro atoms. The fourth-order valence-corrected chi connectivity index (χ4v) is 9.26. The minimum Gasteiger partial charge on any atom is -0.489 e. The molecule has 332 valence electrons. The Balaban J connectivity index is 0.000000145. The quantitative estimate of drug-likeness (QED) is 0.136. The van der Waals surface area contributed by atoms with Crippen molar-refractivity contribution >= 4 is 51.8 Å². The molecule has 6 aliphatic rings. The van der Waals surface area contributed by atoms with E-state index in [4.69, 9.17) is 68.3 Å². The zero-order valence-corrected chi connectivity index (χ0v) is 37.2. The molecule has 6 N–H and O–H groups in total. The van der Waals surface area contributed by atoms with Crippen LogP contribution in [0.4, 0.5) is 11.4 Å². The second-order valence-electron chi connectivity index (χ2n) is 16.4. The van der Waals surface area contributed by atoms with Gasteiger partial charge in [0.25, 0.3) is 0 Å². The second-order valence-corrected chi connectivity index (χ2v) is 17.3. The highest BCUT2D eigenvalue weighted by Gasteiger charge is 2.51. The van der Waals surface area contributed by atoms with Crippen LogP contribution in [0.1, 0.15) is 49.7 Å². The molecule has 6 aliphatic heterocycles. The van der Waals surface area contributed by atoms with Crippen LogP contribution < -0.4 is 26.4 Å². The van der Waals surface area contributed by atoms with E-state index in [1.165, 1.54) is 16.2 Å². The van der Waals surface area contributed by atoms with Crippen LogP contribution in [0.15, 0.2) is 99.4 Å². The molecule has 4 unspecified atom stereocenters. The smallest absolute Gasteiger partial charge is 0.487 e. The fourth-order valence-electron chi connectivity index (χ4n) is 8.90. The summed E-state index contributed by atoms with van der Waals surface area (Å²) in [6.07, 6.45) is 5.23. The summed E-state index contributed by atoms with van der Waals surface area (Å²) in [5.41, 5.74) is 15.5. The third-order valence-corrected chi connectivity index (χ3v) is 12.8. The number of hydroxylamine groups is 4. The summed E-state index contributed by atoms with van der Waals surface area (Å²) in [5.74, 6) is 3.18. The number of ether oxygens (including phenoxy) is 4. The van der Waals surface area contributed by atoms with Crippen molar-refractivity contribution < 1.29 is 38.7 Å². The lowest BCUT2D eigenvalue weighted by Crippen LogP contribution is -2.43. The lowest BCUT2D eigenvalue weighted by atomic mass is 9.80. The number of nitrogens with two attached hydrogens (primary N) is 2. The molecule has 0 saturated carbocycles. The summed E-state index contributed by atoms with van der Waals surface area (Å²) in [6, 6.07) is 25.8. The van der Waals surface area contributed by atoms with Crippen molar-refractivity contribution in [3.8, 4) is 22.6 Å². The molecular weight excluding hydrogens is 883 g/mol. The van der Waals surface area contributed by atoms with E-state index < -0.39 is 18.6 Å². The average molecular weight is 934 g/mol. The van der Waals surface area contributed by atoms with Crippen LogP contribution in [-0.2, 0) is 30.6 Å². The van der Waals surface area contributed by atoms with Gasteiger partial charge in [0.1, 0.15) is 23.7 Å². The minimum atomic E-state index is -1.49. The van der Waals surface area contributed by atoms with Gasteiger partial charge in [-0.3, -0.25) is 0 Å². The van der Waals surface area contributed by atoms with E-state index in [-0.39, 0.29) is 12.2 Å². The highest BCUT2D eigenvalue weighted by Crippen LogP contribution is 2.50. The summed E-state index contributed by atoms with van der Waals surface area (Å²) in [6.45, 7) is 17.0. The van der Waals surface area contributed by atoms with E-state index in [0.29, 0.717) is 53.4 Å². The SMILES string of the molecule is CN1OC2(CC(C3CCOCC3)Oc3ccc(Br)cc32)N=C1N.[C-]#[N+]c1cccc(-c2ccc3c(c2)C2(CC(C4CCOCC4)O3)N=C(N)N(C)O2)c1.[C-]#[N+]c1cccc(B(O)O)c1. The van der Waals surface area contributed by atoms with Gasteiger partial charge in [-0.15, -0.1) is 0 Å². The van der Waals surface area contributed by atoms with E-state index in [1.54, 1.807) is 38.4 Å². The predicted octanol–water partition coefficient (Wildman–Crippen LogP) is 6.12. The second kappa shape index (κ2) is 19.2. The van der Waals surface area contributed by atoms with Crippen molar-refractivity contribution in [2.45, 2.75) is 62.2 Å². The highest BCUT2D eigenvalue weighted by atomic mass is 79.9. The molecule has 0 radical (unpaired) electrons. The maximum atomic E-state index is 8.70. The van der Waals surface area contributed by atoms with Gasteiger partial charge < -0.3 is 40.5 Å². The van der Waals surface area contributed by atoms with Crippen LogP contribution in [0.5, 0.6) is 11.5 Å². The van der Waals surface area contributed by atoms with Gasteiger partial charge in [-0.2, -0.15) is 0 Å². The molecule has 2 fully saturated rings. The van der Waals surface area contributed by atoms with Gasteiger partial charge in [-0.05, 0) is 78.7 Å². The average Bonchev–Trinajstić information content (AvgIpc) is 3.77. The van der Waals surface area contributed by atoms with Crippen molar-refractivity contribution in [1.29, 1.82) is 0 Å². The molecule has 6 heterocycles. The Morgan fingerprint density at radius 2 is 1.16 bits per heavy atom. The Morgan fingerprint density at radius 3 is 1.66 bits per heavy atom. The maximum absolute atomic E-state index is 8.70. The summed E-state index contributed by atoms with van der Waals surface area (Å²) < 4.78 is 24.7. The van der Waals surface area contributed by atoms with Gasteiger partial charge in [-0.25, -0.2) is 39.5 Å². The molecule has 4 aromatic rings. The van der Waals surface area contributed by atoms with Crippen molar-refractivity contribution in [3.63, 3.8) is 0 Å². The van der Waals surface area contributed by atoms with Gasteiger partial charge in [0.05, 0.1) is 24.3 Å². The van der Waals surface area contributed by atoms with Crippen molar-refractivity contribution in [3.05, 3.63) is 123 Å². The predicted molar refractivity (Wildman–Crippen MR) is 244 cm³/mol. The largest absolute Gasteiger partial charge is 0.489 e. The van der Waals surface area contributed by atoms with Gasteiger partial charge >= 0.3 is 7.12 Å². The molecule has 18 heteroatoms. The van der Waals surface area contributed by atoms with E-state index >= 15 is 0 Å². The van der Waals surface area contributed by atoms with Crippen LogP contribution in [0.2, 0.25) is 0 Å². The topological polar surface area (TPSA) is 188 Å². The fraction of sp³-hybridized carbons (Fsp3) is 0.391. The van der Waals surface area contributed by atoms with E-state index in [2.05, 4.69) is 36.7 Å². The monoisotopic (exact) mass is 932 g/mol. The first kappa shape index (κ1) is 44.9. The summed E-state index contributed by atoms with van der Waals surface area (Å²) in [4.78, 5) is 28.4. The number of aliphatic imine (C=N–C) groups is 2. The molecule has 4 atom stereocenters. The first-order chi connectivity index (χ1) is 30.9. The van der Waals surface area contributed by atoms with Crippen LogP contribution in [0.3, 0.4) is 0 Å². The molecule has 4 aromatic carbocycles. The highest BCUT2D eigenvalue weighted by molar-refractivity contribution is 9.10. The van der Waals surface area contributed by atoms with E-state index in [0.717, 1.165) is 90.3 Å². The Kier molecular flexibility index (Phi) is 13.5. The normalized spacial score (nSPS) is 24.9. The summed E-state index contributed by atoms with van der Waals surface area (Å²) >= 11 is 3.52. The third kappa shape index (κ3) is 9.55. The lowest BCUT2D eigenvalue weighted by molar-refractivity contribution is -0.196. The standard InChI is InChI=1S/C23H24N4O3.C16H20BrN3O3.C7H6BNO2/c1-25-18-5-3-4-16(12-18)17-6-7-20-19(13-17)23(26-22(24)27(2)30-23)14-21(29-20)15-8-10-28-11-9-15;1-20-15(18)19-16(23-20)9-14(10-4-6-21-7-5-10)22-13-3-2-11(17)8-12(13)16;1-9-7-4-2-3-6(5-7)8(10)11/h3-7,12-13,15,21H,8-11,14H2,2H3,(H2,24,26);2-3,8,10,14H,4-7,9H2,1H3,(H2,18,19);2-5,10-11H. The molecule has 0 amide bonds. The van der Waals surface area contributed by atoms with Gasteiger partial charge in [-0.1, -0.05) is 64.5 Å². The van der Waals surface area contributed by atoms with E-state index in [9.17, 15) is 0 Å². The Labute approximate surface area is 381 Å². The number of guanidine groups is 2. The van der Waals surface area contributed by atoms with Crippen LogP contribution in [-0.4, -0.2) is 91.9 Å². The molecule has 16 nitrogen and oxygen atoms in total. The molecule has 0 aliphatic carbocycles. The summed E-state index contributed by atoms with van der Waals surface area (Å²) in [7, 11) is 2.07. The Morgan fingerprint density at radius 1 is 0.672 bits per heavy atom. The van der Waals surface area contributed by atoms with Crippen LogP contribution in [0, 0.1) is 25.0 Å². The first-order valence-corrected chi connectivity index (χ1v) is 22.0.